The molecule has 124 valence electrons. The highest BCUT2D eigenvalue weighted by molar-refractivity contribution is 7.15. The number of thiophene rings is 1. The van der Waals surface area contributed by atoms with Gasteiger partial charge in [-0.15, -0.1) is 11.3 Å². The topological polar surface area (TPSA) is 80.0 Å². The zero-order valence-corrected chi connectivity index (χ0v) is 14.3. The van der Waals surface area contributed by atoms with Crippen molar-refractivity contribution in [3.05, 3.63) is 41.3 Å². The van der Waals surface area contributed by atoms with Crippen molar-refractivity contribution in [3.8, 4) is 22.2 Å². The quantitative estimate of drug-likeness (QED) is 0.724. The lowest BCUT2D eigenvalue weighted by atomic mass is 10.2. The first kappa shape index (κ1) is 16.2. The van der Waals surface area contributed by atoms with Gasteiger partial charge in [0.1, 0.15) is 0 Å². The minimum Gasteiger partial charge on any atom is -0.338 e. The predicted molar refractivity (Wildman–Crippen MR) is 95.1 cm³/mol. The van der Waals surface area contributed by atoms with Gasteiger partial charge in [-0.25, -0.2) is 4.79 Å². The summed E-state index contributed by atoms with van der Waals surface area (Å²) >= 11 is 1.61. The van der Waals surface area contributed by atoms with Crippen molar-refractivity contribution in [2.24, 2.45) is 0 Å². The van der Waals surface area contributed by atoms with Crippen LogP contribution in [0.4, 0.5) is 10.5 Å². The highest BCUT2D eigenvalue weighted by atomic mass is 32.1. The Balaban J connectivity index is 1.77. The van der Waals surface area contributed by atoms with Crippen LogP contribution in [0.2, 0.25) is 0 Å². The zero-order valence-electron chi connectivity index (χ0n) is 13.5. The standard InChI is InChI=1S/C17H18N4O2S/c1-3-9-18-17(22)19-13-6-4-5-12(10-13)15-20-16(23-21-15)14-8-7-11(2)24-14/h4-8,10H,3,9H2,1-2H3,(H2,18,19,22). The van der Waals surface area contributed by atoms with Crippen LogP contribution in [0.5, 0.6) is 0 Å². The average molecular weight is 342 g/mol. The fourth-order valence-corrected chi connectivity index (χ4v) is 2.93. The van der Waals surface area contributed by atoms with Crippen LogP contribution < -0.4 is 10.6 Å². The van der Waals surface area contributed by atoms with Crippen LogP contribution in [-0.2, 0) is 0 Å². The maximum atomic E-state index is 11.7. The average Bonchev–Trinajstić information content (AvgIpc) is 3.22. The number of nitrogens with one attached hydrogen (secondary N) is 2. The molecule has 0 saturated heterocycles. The summed E-state index contributed by atoms with van der Waals surface area (Å²) in [4.78, 5) is 18.3. The third kappa shape index (κ3) is 3.80. The molecule has 0 unspecified atom stereocenters. The molecule has 0 saturated carbocycles. The number of aryl methyl sites for hydroxylation is 1. The van der Waals surface area contributed by atoms with Gasteiger partial charge in [-0.1, -0.05) is 24.2 Å². The van der Waals surface area contributed by atoms with Gasteiger partial charge in [-0.2, -0.15) is 4.98 Å². The lowest BCUT2D eigenvalue weighted by Gasteiger charge is -2.07. The Kier molecular flexibility index (Phi) is 4.90. The van der Waals surface area contributed by atoms with Crippen LogP contribution in [0.25, 0.3) is 22.2 Å². The third-order valence-electron chi connectivity index (χ3n) is 3.29. The second kappa shape index (κ2) is 7.27. The van der Waals surface area contributed by atoms with Crippen molar-refractivity contribution >= 4 is 23.1 Å². The van der Waals surface area contributed by atoms with Gasteiger partial charge in [0.25, 0.3) is 5.89 Å². The molecule has 6 nitrogen and oxygen atoms in total. The molecule has 24 heavy (non-hydrogen) atoms. The van der Waals surface area contributed by atoms with Gasteiger partial charge in [-0.3, -0.25) is 0 Å². The van der Waals surface area contributed by atoms with E-state index in [9.17, 15) is 4.79 Å². The molecule has 3 aromatic rings. The Morgan fingerprint density at radius 2 is 2.17 bits per heavy atom. The fourth-order valence-electron chi connectivity index (χ4n) is 2.14. The summed E-state index contributed by atoms with van der Waals surface area (Å²) in [5.41, 5.74) is 1.46. The van der Waals surface area contributed by atoms with Crippen molar-refractivity contribution in [1.29, 1.82) is 0 Å². The van der Waals surface area contributed by atoms with Crippen LogP contribution >= 0.6 is 11.3 Å². The summed E-state index contributed by atoms with van der Waals surface area (Å²) < 4.78 is 5.34. The van der Waals surface area contributed by atoms with E-state index in [0.717, 1.165) is 16.9 Å². The molecule has 7 heteroatoms. The highest BCUT2D eigenvalue weighted by Crippen LogP contribution is 2.28. The molecular weight excluding hydrogens is 324 g/mol. The Labute approximate surface area is 143 Å². The van der Waals surface area contributed by atoms with Crippen LogP contribution in [0.15, 0.2) is 40.9 Å². The van der Waals surface area contributed by atoms with E-state index in [1.807, 2.05) is 50.2 Å². The summed E-state index contributed by atoms with van der Waals surface area (Å²) in [5.74, 6) is 0.996. The lowest BCUT2D eigenvalue weighted by molar-refractivity contribution is 0.252. The minimum atomic E-state index is -0.225. The largest absolute Gasteiger partial charge is 0.338 e. The van der Waals surface area contributed by atoms with E-state index >= 15 is 0 Å². The second-order valence-corrected chi connectivity index (χ2v) is 6.58. The Morgan fingerprint density at radius 3 is 2.92 bits per heavy atom. The number of rotatable bonds is 5. The molecule has 0 aliphatic heterocycles. The van der Waals surface area contributed by atoms with Crippen molar-refractivity contribution in [2.45, 2.75) is 20.3 Å². The van der Waals surface area contributed by atoms with Crippen molar-refractivity contribution in [3.63, 3.8) is 0 Å². The van der Waals surface area contributed by atoms with Gasteiger partial charge in [-0.05, 0) is 37.6 Å². The number of urea groups is 1. The van der Waals surface area contributed by atoms with E-state index in [-0.39, 0.29) is 6.03 Å². The Morgan fingerprint density at radius 1 is 1.29 bits per heavy atom. The number of anilines is 1. The molecule has 0 bridgehead atoms. The van der Waals surface area contributed by atoms with Gasteiger partial charge in [0.05, 0.1) is 4.88 Å². The molecule has 2 aromatic heterocycles. The second-order valence-electron chi connectivity index (χ2n) is 5.30. The highest BCUT2D eigenvalue weighted by Gasteiger charge is 2.12. The predicted octanol–water partition coefficient (Wildman–Crippen LogP) is 4.31. The summed E-state index contributed by atoms with van der Waals surface area (Å²) in [5, 5.41) is 9.60. The van der Waals surface area contributed by atoms with E-state index < -0.39 is 0 Å². The molecule has 3 rings (SSSR count). The first-order chi connectivity index (χ1) is 11.7. The van der Waals surface area contributed by atoms with Crippen molar-refractivity contribution < 1.29 is 9.32 Å². The summed E-state index contributed by atoms with van der Waals surface area (Å²) in [6.45, 7) is 4.67. The number of nitrogens with zero attached hydrogens (tertiary/aromatic N) is 2. The summed E-state index contributed by atoms with van der Waals surface area (Å²) in [7, 11) is 0. The lowest BCUT2D eigenvalue weighted by Crippen LogP contribution is -2.29. The van der Waals surface area contributed by atoms with Gasteiger partial charge in [0, 0.05) is 22.7 Å². The molecule has 2 heterocycles. The number of benzene rings is 1. The molecule has 0 radical (unpaired) electrons. The zero-order chi connectivity index (χ0) is 16.9. The monoisotopic (exact) mass is 342 g/mol. The van der Waals surface area contributed by atoms with Crippen LogP contribution in [0.3, 0.4) is 0 Å². The van der Waals surface area contributed by atoms with E-state index in [1.54, 1.807) is 11.3 Å². The molecule has 0 aliphatic rings. The first-order valence-corrected chi connectivity index (χ1v) is 8.53. The van der Waals surface area contributed by atoms with Crippen LogP contribution in [0, 0.1) is 6.92 Å². The van der Waals surface area contributed by atoms with E-state index in [1.165, 1.54) is 4.88 Å². The summed E-state index contributed by atoms with van der Waals surface area (Å²) in [6.07, 6.45) is 0.890. The van der Waals surface area contributed by atoms with Crippen molar-refractivity contribution in [2.75, 3.05) is 11.9 Å². The summed E-state index contributed by atoms with van der Waals surface area (Å²) in [6, 6.07) is 11.1. The molecule has 0 spiro atoms. The maximum Gasteiger partial charge on any atom is 0.319 e. The van der Waals surface area contributed by atoms with E-state index in [0.29, 0.717) is 23.9 Å². The number of hydrogen-bond acceptors (Lipinski definition) is 5. The number of hydrogen-bond donors (Lipinski definition) is 2. The van der Waals surface area contributed by atoms with Gasteiger partial charge >= 0.3 is 6.03 Å². The SMILES string of the molecule is CCCNC(=O)Nc1cccc(-c2noc(-c3ccc(C)s3)n2)c1. The van der Waals surface area contributed by atoms with Gasteiger partial charge in [0.2, 0.25) is 5.82 Å². The number of carbonyl (C=O) groups excluding carboxylic acids is 1. The Bertz CT molecular complexity index is 840. The number of carbonyl (C=O) groups is 1. The molecule has 1 aromatic carbocycles. The minimum absolute atomic E-state index is 0.225. The fraction of sp³-hybridized carbons (Fsp3) is 0.235. The van der Waals surface area contributed by atoms with Crippen LogP contribution in [0.1, 0.15) is 18.2 Å². The third-order valence-corrected chi connectivity index (χ3v) is 4.28. The molecule has 2 N–H and O–H groups in total. The smallest absolute Gasteiger partial charge is 0.319 e. The number of amides is 2. The number of aromatic nitrogens is 2. The molecule has 0 atom stereocenters. The van der Waals surface area contributed by atoms with Crippen molar-refractivity contribution in [1.82, 2.24) is 15.5 Å². The van der Waals surface area contributed by atoms with E-state index in [2.05, 4.69) is 20.8 Å². The van der Waals surface area contributed by atoms with Gasteiger partial charge in [0.15, 0.2) is 0 Å². The molecule has 0 aliphatic carbocycles. The first-order valence-electron chi connectivity index (χ1n) is 7.71. The van der Waals surface area contributed by atoms with E-state index in [4.69, 9.17) is 4.52 Å². The molecular formula is C17H18N4O2S. The Hall–Kier alpha value is -2.67. The van der Waals surface area contributed by atoms with Gasteiger partial charge < -0.3 is 15.2 Å². The van der Waals surface area contributed by atoms with Crippen LogP contribution in [-0.4, -0.2) is 22.7 Å². The molecule has 0 fully saturated rings. The molecule has 2 amide bonds. The maximum absolute atomic E-state index is 11.7. The normalized spacial score (nSPS) is 10.6.